The number of fused-ring (bicyclic) bond motifs is 1. The molecule has 1 heterocycles. The molecule has 15 heavy (non-hydrogen) atoms. The number of nitrogens with zero attached hydrogens (tertiary/aromatic N) is 1. The molecular formula is C10H8N2O2S. The van der Waals surface area contributed by atoms with E-state index in [4.69, 9.17) is 5.11 Å². The van der Waals surface area contributed by atoms with Gasteiger partial charge in [-0.1, -0.05) is 30.0 Å². The average Bonchev–Trinajstić information content (AvgIpc) is 2.41. The number of nitrogens with one attached hydrogen (secondary N) is 1. The molecular weight excluding hydrogens is 212 g/mol. The fourth-order valence-corrected chi connectivity index (χ4v) is 1.93. The Hall–Kier alpha value is -1.75. The highest BCUT2D eigenvalue weighted by atomic mass is 32.2. The average molecular weight is 220 g/mol. The number of amides is 1. The number of thioether (sulfide) groups is 1. The molecule has 0 unspecified atom stereocenters. The Morgan fingerprint density at radius 2 is 2.20 bits per heavy atom. The Morgan fingerprint density at radius 1 is 1.40 bits per heavy atom. The summed E-state index contributed by atoms with van der Waals surface area (Å²) in [7, 11) is 0. The van der Waals surface area contributed by atoms with Crippen molar-refractivity contribution >= 4 is 24.1 Å². The van der Waals surface area contributed by atoms with Crippen LogP contribution < -0.4 is 5.32 Å². The van der Waals surface area contributed by atoms with E-state index in [9.17, 15) is 4.79 Å². The summed E-state index contributed by atoms with van der Waals surface area (Å²) in [4.78, 5) is 15.5. The van der Waals surface area contributed by atoms with Crippen molar-refractivity contribution in [2.75, 3.05) is 0 Å². The highest BCUT2D eigenvalue weighted by Gasteiger charge is 2.06. The van der Waals surface area contributed by atoms with Crippen molar-refractivity contribution in [3.8, 4) is 0 Å². The van der Waals surface area contributed by atoms with Gasteiger partial charge in [0.2, 0.25) is 0 Å². The first-order valence-electron chi connectivity index (χ1n) is 4.25. The van der Waals surface area contributed by atoms with Crippen LogP contribution in [0.15, 0.2) is 45.4 Å². The second-order valence-electron chi connectivity index (χ2n) is 2.85. The number of rotatable bonds is 1. The monoisotopic (exact) mass is 220 g/mol. The third-order valence-corrected chi connectivity index (χ3v) is 2.76. The topological polar surface area (TPSA) is 61.7 Å². The lowest BCUT2D eigenvalue weighted by atomic mass is 10.2. The second-order valence-corrected chi connectivity index (χ2v) is 3.76. The first-order valence-corrected chi connectivity index (χ1v) is 5.13. The van der Waals surface area contributed by atoms with Gasteiger partial charge in [0, 0.05) is 22.1 Å². The zero-order valence-electron chi connectivity index (χ0n) is 7.68. The van der Waals surface area contributed by atoms with E-state index in [2.05, 4.69) is 10.3 Å². The maximum Gasteiger partial charge on any atom is 0.410 e. The third kappa shape index (κ3) is 2.38. The Labute approximate surface area is 90.7 Å². The molecule has 1 aliphatic heterocycles. The van der Waals surface area contributed by atoms with Crippen LogP contribution >= 0.6 is 11.8 Å². The lowest BCUT2D eigenvalue weighted by Gasteiger charge is -1.98. The molecule has 1 aromatic rings. The zero-order valence-corrected chi connectivity index (χ0v) is 8.49. The van der Waals surface area contributed by atoms with Crippen molar-refractivity contribution in [3.63, 3.8) is 0 Å². The fraction of sp³-hybridized carbons (Fsp3) is 0. The van der Waals surface area contributed by atoms with Gasteiger partial charge in [-0.2, -0.15) is 0 Å². The Bertz CT molecular complexity index is 454. The molecule has 0 saturated carbocycles. The van der Waals surface area contributed by atoms with Crippen LogP contribution in [0.5, 0.6) is 0 Å². The van der Waals surface area contributed by atoms with Gasteiger partial charge in [0.25, 0.3) is 0 Å². The molecule has 1 aliphatic rings. The predicted octanol–water partition coefficient (Wildman–Crippen LogP) is 2.28. The molecule has 0 fully saturated rings. The molecule has 2 rings (SSSR count). The minimum atomic E-state index is -1.11. The molecule has 1 amide bonds. The van der Waals surface area contributed by atoms with Gasteiger partial charge in [-0.15, -0.1) is 0 Å². The van der Waals surface area contributed by atoms with Crippen LogP contribution in [0.25, 0.3) is 0 Å². The van der Waals surface area contributed by atoms with Gasteiger partial charge in [-0.25, -0.2) is 9.79 Å². The zero-order chi connectivity index (χ0) is 10.7. The summed E-state index contributed by atoms with van der Waals surface area (Å²) < 4.78 is 0. The summed E-state index contributed by atoms with van der Waals surface area (Å²) in [6, 6.07) is 7.75. The van der Waals surface area contributed by atoms with E-state index in [1.807, 2.05) is 24.3 Å². The van der Waals surface area contributed by atoms with Gasteiger partial charge >= 0.3 is 6.09 Å². The van der Waals surface area contributed by atoms with E-state index in [0.717, 1.165) is 10.5 Å². The minimum absolute atomic E-state index is 0.337. The van der Waals surface area contributed by atoms with Gasteiger partial charge in [0.15, 0.2) is 0 Å². The SMILES string of the molecule is O=C(O)NC1=CSc2ccccc2C=N1. The van der Waals surface area contributed by atoms with Crippen molar-refractivity contribution < 1.29 is 9.90 Å². The highest BCUT2D eigenvalue weighted by Crippen LogP contribution is 2.25. The summed E-state index contributed by atoms with van der Waals surface area (Å²) in [5.74, 6) is 0.337. The van der Waals surface area contributed by atoms with Gasteiger partial charge in [-0.3, -0.25) is 5.32 Å². The van der Waals surface area contributed by atoms with E-state index < -0.39 is 6.09 Å². The Balaban J connectivity index is 2.25. The molecule has 0 aromatic heterocycles. The first-order chi connectivity index (χ1) is 7.25. The smallest absolute Gasteiger partial charge is 0.410 e. The van der Waals surface area contributed by atoms with Crippen molar-refractivity contribution in [2.24, 2.45) is 4.99 Å². The van der Waals surface area contributed by atoms with Crippen molar-refractivity contribution in [3.05, 3.63) is 41.1 Å². The molecule has 5 heteroatoms. The van der Waals surface area contributed by atoms with E-state index in [-0.39, 0.29) is 0 Å². The second kappa shape index (κ2) is 4.18. The standard InChI is InChI=1S/C10H8N2O2S/c13-10(14)12-9-6-15-8-4-2-1-3-7(8)5-11-9/h1-6,12H,(H,13,14). The summed E-state index contributed by atoms with van der Waals surface area (Å²) in [5, 5.41) is 12.4. The number of carboxylic acid groups (broad SMARTS) is 1. The summed E-state index contributed by atoms with van der Waals surface area (Å²) in [6.45, 7) is 0. The molecule has 0 saturated heterocycles. The molecule has 0 atom stereocenters. The van der Waals surface area contributed by atoms with E-state index >= 15 is 0 Å². The van der Waals surface area contributed by atoms with E-state index in [0.29, 0.717) is 5.82 Å². The van der Waals surface area contributed by atoms with Crippen LogP contribution in [0, 0.1) is 0 Å². The lowest BCUT2D eigenvalue weighted by Crippen LogP contribution is -2.18. The van der Waals surface area contributed by atoms with Gasteiger partial charge < -0.3 is 5.11 Å². The number of aliphatic imine (C=N–C) groups is 1. The summed E-state index contributed by atoms with van der Waals surface area (Å²) >= 11 is 1.45. The number of hydrogen-bond acceptors (Lipinski definition) is 3. The van der Waals surface area contributed by atoms with Crippen molar-refractivity contribution in [2.45, 2.75) is 4.90 Å². The van der Waals surface area contributed by atoms with Crippen LogP contribution in [0.1, 0.15) is 5.56 Å². The molecule has 4 nitrogen and oxygen atoms in total. The van der Waals surface area contributed by atoms with E-state index in [1.165, 1.54) is 11.8 Å². The van der Waals surface area contributed by atoms with Gasteiger partial charge in [-0.05, 0) is 6.07 Å². The fourth-order valence-electron chi connectivity index (χ4n) is 1.15. The summed E-state index contributed by atoms with van der Waals surface area (Å²) in [6.07, 6.45) is 0.543. The Kier molecular flexibility index (Phi) is 2.73. The first kappa shape index (κ1) is 9.79. The molecule has 0 aliphatic carbocycles. The maximum atomic E-state index is 10.4. The van der Waals surface area contributed by atoms with Crippen LogP contribution in [-0.4, -0.2) is 17.4 Å². The van der Waals surface area contributed by atoms with Gasteiger partial charge in [0.05, 0.1) is 0 Å². The van der Waals surface area contributed by atoms with Crippen molar-refractivity contribution in [1.29, 1.82) is 0 Å². The molecule has 1 aromatic carbocycles. The van der Waals surface area contributed by atoms with E-state index in [1.54, 1.807) is 11.6 Å². The quantitative estimate of drug-likeness (QED) is 0.763. The van der Waals surface area contributed by atoms with Crippen LogP contribution in [-0.2, 0) is 0 Å². The van der Waals surface area contributed by atoms with Gasteiger partial charge in [0.1, 0.15) is 5.82 Å². The molecule has 0 spiro atoms. The van der Waals surface area contributed by atoms with Crippen LogP contribution in [0.4, 0.5) is 4.79 Å². The normalized spacial score (nSPS) is 13.7. The number of benzene rings is 1. The van der Waals surface area contributed by atoms with Crippen LogP contribution in [0.2, 0.25) is 0 Å². The Morgan fingerprint density at radius 3 is 3.00 bits per heavy atom. The summed E-state index contributed by atoms with van der Waals surface area (Å²) in [5.41, 5.74) is 0.987. The third-order valence-electron chi connectivity index (χ3n) is 1.79. The van der Waals surface area contributed by atoms with Crippen LogP contribution in [0.3, 0.4) is 0 Å². The lowest BCUT2D eigenvalue weighted by molar-refractivity contribution is 0.197. The van der Waals surface area contributed by atoms with Crippen molar-refractivity contribution in [1.82, 2.24) is 5.32 Å². The molecule has 0 bridgehead atoms. The minimum Gasteiger partial charge on any atom is -0.465 e. The number of carbonyl (C=O) groups is 1. The largest absolute Gasteiger partial charge is 0.465 e. The molecule has 2 N–H and O–H groups in total. The predicted molar refractivity (Wildman–Crippen MR) is 59.1 cm³/mol. The number of hydrogen-bond donors (Lipinski definition) is 2. The molecule has 76 valence electrons. The maximum absolute atomic E-state index is 10.4. The highest BCUT2D eigenvalue weighted by molar-refractivity contribution is 8.02. The molecule has 0 radical (unpaired) electrons.